The van der Waals surface area contributed by atoms with Crippen molar-refractivity contribution in [3.8, 4) is 0 Å². The molecule has 0 unspecified atom stereocenters. The van der Waals surface area contributed by atoms with Crippen LogP contribution >= 0.6 is 0 Å². The number of aliphatic hydroxyl groups excluding tert-OH is 2. The van der Waals surface area contributed by atoms with Gasteiger partial charge in [-0.2, -0.15) is 0 Å². The van der Waals surface area contributed by atoms with E-state index >= 15 is 0 Å². The van der Waals surface area contributed by atoms with Crippen molar-refractivity contribution in [3.63, 3.8) is 0 Å². The molecular weight excluding hydrogens is 192 g/mol. The van der Waals surface area contributed by atoms with Crippen molar-refractivity contribution in [1.82, 2.24) is 0 Å². The van der Waals surface area contributed by atoms with Gasteiger partial charge in [0.25, 0.3) is 0 Å². The van der Waals surface area contributed by atoms with Gasteiger partial charge in [0, 0.05) is 12.2 Å². The Labute approximate surface area is 94.5 Å². The molecule has 0 saturated carbocycles. The molecule has 0 aliphatic heterocycles. The average Bonchev–Trinajstić information content (AvgIpc) is 1.25. The number of hydrogen-bond acceptors (Lipinski definition) is 2. The molecule has 9 heavy (non-hydrogen) atoms. The van der Waals surface area contributed by atoms with Gasteiger partial charge < -0.3 is 10.2 Å². The zero-order chi connectivity index (χ0) is 7.15. The van der Waals surface area contributed by atoms with Crippen molar-refractivity contribution in [3.05, 3.63) is 0 Å². The van der Waals surface area contributed by atoms with E-state index in [4.69, 9.17) is 10.2 Å². The summed E-state index contributed by atoms with van der Waals surface area (Å²) < 4.78 is 0. The molecule has 0 saturated heterocycles. The third-order valence-corrected chi connectivity index (χ3v) is 0. The Bertz CT molecular complexity index is 26.5. The predicted octanol–water partition coefficient (Wildman–Crippen LogP) is -0.142. The molecule has 56 valence electrons. The number of rotatable bonds is 0. The fraction of sp³-hybridized carbons (Fsp3) is 1.00. The molecule has 0 rings (SSSR count). The second-order valence-corrected chi connectivity index (χ2v) is 2.19. The topological polar surface area (TPSA) is 40.5 Å². The van der Waals surface area contributed by atoms with Gasteiger partial charge in [0.15, 0.2) is 0 Å². The third-order valence-electron chi connectivity index (χ3n) is 0. The minimum atomic E-state index is -0.167. The van der Waals surface area contributed by atoms with E-state index in [1.165, 1.54) is 0 Å². The summed E-state index contributed by atoms with van der Waals surface area (Å²) in [5.41, 5.74) is 0. The SMILES string of the molecule is CC(C)O.CC(C)O.[SrH2]. The van der Waals surface area contributed by atoms with Crippen LogP contribution in [0.15, 0.2) is 0 Å². The molecule has 0 bridgehead atoms. The Morgan fingerprint density at radius 2 is 0.778 bits per heavy atom. The quantitative estimate of drug-likeness (QED) is 0.546. The predicted molar refractivity (Wildman–Crippen MR) is 43.3 cm³/mol. The second-order valence-electron chi connectivity index (χ2n) is 2.19. The van der Waals surface area contributed by atoms with E-state index in [1.54, 1.807) is 27.7 Å². The molecule has 0 aromatic carbocycles. The molecule has 0 aromatic heterocycles. The molecule has 2 nitrogen and oxygen atoms in total. The van der Waals surface area contributed by atoms with E-state index < -0.39 is 0 Å². The van der Waals surface area contributed by atoms with Crippen LogP contribution in [0.2, 0.25) is 0 Å². The first-order valence-electron chi connectivity index (χ1n) is 2.83. The summed E-state index contributed by atoms with van der Waals surface area (Å²) in [6.07, 6.45) is -0.333. The Hall–Kier alpha value is 1.40. The van der Waals surface area contributed by atoms with Crippen molar-refractivity contribution in [2.45, 2.75) is 39.9 Å². The Balaban J connectivity index is -0.0000000720. The van der Waals surface area contributed by atoms with Crippen LogP contribution in [0.3, 0.4) is 0 Å². The average molecular weight is 210 g/mol. The van der Waals surface area contributed by atoms with Gasteiger partial charge in [0.2, 0.25) is 0 Å². The van der Waals surface area contributed by atoms with Gasteiger partial charge in [-0.1, -0.05) is 0 Å². The molecule has 0 spiro atoms. The van der Waals surface area contributed by atoms with E-state index in [-0.39, 0.29) is 57.7 Å². The molecular formula is C6H18O2Sr. The summed E-state index contributed by atoms with van der Waals surface area (Å²) in [6.45, 7) is 6.89. The zero-order valence-corrected chi connectivity index (χ0v) is 6.05. The van der Waals surface area contributed by atoms with Crippen LogP contribution in [0, 0.1) is 0 Å². The van der Waals surface area contributed by atoms with Gasteiger partial charge in [-0.05, 0) is 27.7 Å². The van der Waals surface area contributed by atoms with Crippen molar-refractivity contribution in [1.29, 1.82) is 0 Å². The van der Waals surface area contributed by atoms with Gasteiger partial charge in [0.1, 0.15) is 0 Å². The van der Waals surface area contributed by atoms with Crippen LogP contribution in [0.4, 0.5) is 0 Å². The molecule has 3 heteroatoms. The first-order valence-corrected chi connectivity index (χ1v) is 2.83. The Morgan fingerprint density at radius 1 is 0.778 bits per heavy atom. The maximum absolute atomic E-state index is 8.06. The van der Waals surface area contributed by atoms with Crippen molar-refractivity contribution < 1.29 is 10.2 Å². The second kappa shape index (κ2) is 12.1. The molecule has 2 N–H and O–H groups in total. The van der Waals surface area contributed by atoms with Crippen LogP contribution < -0.4 is 0 Å². The summed E-state index contributed by atoms with van der Waals surface area (Å²) in [5.74, 6) is 0. The van der Waals surface area contributed by atoms with E-state index in [0.29, 0.717) is 0 Å². The summed E-state index contributed by atoms with van der Waals surface area (Å²) >= 11 is 0. The Kier molecular flexibility index (Phi) is 22.6. The van der Waals surface area contributed by atoms with Crippen molar-refractivity contribution in [2.24, 2.45) is 0 Å². The molecule has 0 heterocycles. The zero-order valence-electron chi connectivity index (χ0n) is 6.05. The Morgan fingerprint density at radius 3 is 0.778 bits per heavy atom. The summed E-state index contributed by atoms with van der Waals surface area (Å²) in [7, 11) is 0. The van der Waals surface area contributed by atoms with Gasteiger partial charge >= 0.3 is 45.5 Å². The van der Waals surface area contributed by atoms with Crippen molar-refractivity contribution in [2.75, 3.05) is 0 Å². The van der Waals surface area contributed by atoms with Gasteiger partial charge in [-0.3, -0.25) is 0 Å². The van der Waals surface area contributed by atoms with Crippen LogP contribution in [0.1, 0.15) is 27.7 Å². The molecule has 0 radical (unpaired) electrons. The molecule has 0 aliphatic carbocycles. The maximum atomic E-state index is 8.06. The van der Waals surface area contributed by atoms with E-state index in [2.05, 4.69) is 0 Å². The van der Waals surface area contributed by atoms with Gasteiger partial charge in [0.05, 0.1) is 0 Å². The van der Waals surface area contributed by atoms with Gasteiger partial charge in [-0.15, -0.1) is 0 Å². The monoisotopic (exact) mass is 210 g/mol. The third kappa shape index (κ3) is 262. The minimum absolute atomic E-state index is 0. The molecule has 0 atom stereocenters. The first kappa shape index (κ1) is 16.8. The van der Waals surface area contributed by atoms with Crippen LogP contribution in [-0.4, -0.2) is 67.9 Å². The molecule has 0 fully saturated rings. The standard InChI is InChI=1S/2C3H8O.Sr.2H/c2*1-3(2)4;;;/h2*3-4H,1-2H3;;;. The molecule has 0 aromatic rings. The van der Waals surface area contributed by atoms with E-state index in [9.17, 15) is 0 Å². The van der Waals surface area contributed by atoms with E-state index in [1.807, 2.05) is 0 Å². The van der Waals surface area contributed by atoms with Gasteiger partial charge in [-0.25, -0.2) is 0 Å². The summed E-state index contributed by atoms with van der Waals surface area (Å²) in [5, 5.41) is 16.1. The fourth-order valence-corrected chi connectivity index (χ4v) is 0. The normalized spacial score (nSPS) is 8.00. The van der Waals surface area contributed by atoms with Crippen LogP contribution in [-0.2, 0) is 0 Å². The van der Waals surface area contributed by atoms with Crippen LogP contribution in [0.5, 0.6) is 0 Å². The molecule has 0 aliphatic rings. The first-order chi connectivity index (χ1) is 3.46. The summed E-state index contributed by atoms with van der Waals surface area (Å²) in [4.78, 5) is 0. The summed E-state index contributed by atoms with van der Waals surface area (Å²) in [6, 6.07) is 0. The van der Waals surface area contributed by atoms with Crippen LogP contribution in [0.25, 0.3) is 0 Å². The molecule has 0 amide bonds. The van der Waals surface area contributed by atoms with E-state index in [0.717, 1.165) is 0 Å². The fourth-order valence-electron chi connectivity index (χ4n) is 0. The van der Waals surface area contributed by atoms with Crippen molar-refractivity contribution >= 4 is 45.5 Å². The number of aliphatic hydroxyl groups is 2. The number of hydrogen-bond donors (Lipinski definition) is 2.